The van der Waals surface area contributed by atoms with Crippen LogP contribution in [-0.2, 0) is 16.6 Å². The van der Waals surface area contributed by atoms with E-state index in [2.05, 4.69) is 10.3 Å². The van der Waals surface area contributed by atoms with E-state index in [1.807, 2.05) is 30.3 Å². The summed E-state index contributed by atoms with van der Waals surface area (Å²) in [7, 11) is -1.25. The third-order valence-electron chi connectivity index (χ3n) is 3.28. The van der Waals surface area contributed by atoms with Crippen molar-refractivity contribution in [1.29, 1.82) is 0 Å². The van der Waals surface area contributed by atoms with Gasteiger partial charge in [-0.15, -0.1) is 11.3 Å². The van der Waals surface area contributed by atoms with Crippen LogP contribution in [0.25, 0.3) is 0 Å². The van der Waals surface area contributed by atoms with Crippen molar-refractivity contribution in [2.24, 2.45) is 0 Å². The fourth-order valence-corrected chi connectivity index (χ4v) is 4.12. The number of nitrogens with two attached hydrogens (primary N) is 1. The predicted octanol–water partition coefficient (Wildman–Crippen LogP) is 3.29. The maximum absolute atomic E-state index is 12.4. The van der Waals surface area contributed by atoms with Gasteiger partial charge in [-0.25, -0.2) is 4.98 Å². The minimum absolute atomic E-state index is 0.331. The molecule has 0 aliphatic rings. The number of carbonyl (C=O) groups excluding carboxylic acids is 1. The lowest BCUT2D eigenvalue weighted by Crippen LogP contribution is -2.13. The van der Waals surface area contributed by atoms with Crippen LogP contribution in [-0.4, -0.2) is 15.1 Å². The van der Waals surface area contributed by atoms with Crippen molar-refractivity contribution >= 4 is 38.9 Å². The fraction of sp³-hybridized carbons (Fsp3) is 0.0588. The zero-order valence-electron chi connectivity index (χ0n) is 12.6. The Labute approximate surface area is 146 Å². The van der Waals surface area contributed by atoms with Gasteiger partial charge in [-0.05, 0) is 17.7 Å². The summed E-state index contributed by atoms with van der Waals surface area (Å²) >= 11 is 1.24. The Kier molecular flexibility index (Phi) is 5.02. The molecule has 3 rings (SSSR count). The van der Waals surface area contributed by atoms with E-state index in [1.54, 1.807) is 29.6 Å². The highest BCUT2D eigenvalue weighted by Gasteiger charge is 2.14. The molecule has 3 N–H and O–H groups in total. The molecular formula is C17H15N3O2S2. The maximum Gasteiger partial charge on any atom is 0.259 e. The van der Waals surface area contributed by atoms with Crippen LogP contribution >= 0.6 is 11.3 Å². The number of nitrogens with one attached hydrogen (secondary N) is 1. The van der Waals surface area contributed by atoms with Crippen LogP contribution in [0.15, 0.2) is 65.0 Å². The second-order valence-corrected chi connectivity index (χ2v) is 7.26. The molecule has 7 heteroatoms. The monoisotopic (exact) mass is 357 g/mol. The van der Waals surface area contributed by atoms with Gasteiger partial charge in [0.2, 0.25) is 0 Å². The lowest BCUT2D eigenvalue weighted by atomic mass is 10.2. The summed E-state index contributed by atoms with van der Waals surface area (Å²) in [5, 5.41) is 5.25. The van der Waals surface area contributed by atoms with Gasteiger partial charge in [0.1, 0.15) is 5.03 Å². The molecule has 0 bridgehead atoms. The normalized spacial score (nSPS) is 11.8. The van der Waals surface area contributed by atoms with Gasteiger partial charge in [0.05, 0.1) is 22.1 Å². The lowest BCUT2D eigenvalue weighted by molar-refractivity contribution is 0.102. The summed E-state index contributed by atoms with van der Waals surface area (Å²) in [5.41, 5.74) is 7.56. The van der Waals surface area contributed by atoms with Crippen LogP contribution in [0, 0.1) is 0 Å². The third kappa shape index (κ3) is 3.87. The van der Waals surface area contributed by atoms with Crippen LogP contribution in [0.4, 0.5) is 10.8 Å². The molecular weight excluding hydrogens is 342 g/mol. The number of benzene rings is 2. The van der Waals surface area contributed by atoms with Gasteiger partial charge in [-0.2, -0.15) is 0 Å². The van der Waals surface area contributed by atoms with Gasteiger partial charge < -0.3 is 5.73 Å². The molecule has 0 aliphatic heterocycles. The molecule has 0 spiro atoms. The lowest BCUT2D eigenvalue weighted by Gasteiger charge is -2.04. The molecule has 0 aliphatic carbocycles. The van der Waals surface area contributed by atoms with Crippen LogP contribution in [0.5, 0.6) is 0 Å². The zero-order valence-corrected chi connectivity index (χ0v) is 14.3. The Morgan fingerprint density at radius 3 is 2.58 bits per heavy atom. The molecule has 1 heterocycles. The van der Waals surface area contributed by atoms with E-state index in [1.165, 1.54) is 11.3 Å². The number of hydrogen-bond donors (Lipinski definition) is 2. The number of para-hydroxylation sites is 1. The molecule has 3 aromatic rings. The Morgan fingerprint density at radius 1 is 1.12 bits per heavy atom. The first kappa shape index (κ1) is 16.4. The van der Waals surface area contributed by atoms with Gasteiger partial charge in [0.15, 0.2) is 5.13 Å². The van der Waals surface area contributed by atoms with Crippen molar-refractivity contribution in [3.05, 3.63) is 71.1 Å². The number of thiazole rings is 1. The first-order valence-corrected chi connectivity index (χ1v) is 9.37. The second kappa shape index (κ2) is 7.37. The van der Waals surface area contributed by atoms with Crippen molar-refractivity contribution < 1.29 is 9.00 Å². The molecule has 0 fully saturated rings. The van der Waals surface area contributed by atoms with Crippen molar-refractivity contribution in [3.63, 3.8) is 0 Å². The summed E-state index contributed by atoms with van der Waals surface area (Å²) in [4.78, 5) is 16.5. The minimum atomic E-state index is -1.25. The van der Waals surface area contributed by atoms with Crippen LogP contribution in [0.1, 0.15) is 15.9 Å². The first-order chi connectivity index (χ1) is 11.6. The highest BCUT2D eigenvalue weighted by Crippen LogP contribution is 2.21. The molecule has 5 nitrogen and oxygen atoms in total. The largest absolute Gasteiger partial charge is 0.398 e. The van der Waals surface area contributed by atoms with Gasteiger partial charge in [0, 0.05) is 11.1 Å². The summed E-state index contributed by atoms with van der Waals surface area (Å²) in [6.45, 7) is 0. The summed E-state index contributed by atoms with van der Waals surface area (Å²) in [5.74, 6) is 0.0618. The molecule has 1 amide bonds. The molecule has 1 unspecified atom stereocenters. The van der Waals surface area contributed by atoms with Crippen LogP contribution in [0.2, 0.25) is 0 Å². The topological polar surface area (TPSA) is 85.1 Å². The molecule has 122 valence electrons. The van der Waals surface area contributed by atoms with E-state index in [0.29, 0.717) is 27.2 Å². The van der Waals surface area contributed by atoms with Crippen molar-refractivity contribution in [1.82, 2.24) is 4.98 Å². The smallest absolute Gasteiger partial charge is 0.259 e. The standard InChI is InChI=1S/C17H15N3O2S2/c18-14-9-5-4-8-13(14)16(21)20-17-19-15(10-23-17)24(22)11-12-6-2-1-3-7-12/h1-10H,11,18H2,(H,19,20,21). The summed E-state index contributed by atoms with van der Waals surface area (Å²) in [6, 6.07) is 16.4. The summed E-state index contributed by atoms with van der Waals surface area (Å²) < 4.78 is 12.4. The number of aromatic nitrogens is 1. The van der Waals surface area contributed by atoms with E-state index in [9.17, 15) is 9.00 Å². The molecule has 0 radical (unpaired) electrons. The minimum Gasteiger partial charge on any atom is -0.398 e. The number of anilines is 2. The number of rotatable bonds is 5. The Bertz CT molecular complexity index is 878. The maximum atomic E-state index is 12.4. The number of nitrogens with zero attached hydrogens (tertiary/aromatic N) is 1. The second-order valence-electron chi connectivity index (χ2n) is 5.01. The van der Waals surface area contributed by atoms with Crippen molar-refractivity contribution in [3.8, 4) is 0 Å². The fourth-order valence-electron chi connectivity index (χ4n) is 2.09. The first-order valence-electron chi connectivity index (χ1n) is 7.17. The Morgan fingerprint density at radius 2 is 1.83 bits per heavy atom. The highest BCUT2D eigenvalue weighted by molar-refractivity contribution is 7.84. The van der Waals surface area contributed by atoms with Crippen LogP contribution < -0.4 is 11.1 Å². The Hall–Kier alpha value is -2.51. The zero-order chi connectivity index (χ0) is 16.9. The Balaban J connectivity index is 1.68. The van der Waals surface area contributed by atoms with Gasteiger partial charge >= 0.3 is 0 Å². The van der Waals surface area contributed by atoms with Crippen molar-refractivity contribution in [2.45, 2.75) is 10.8 Å². The van der Waals surface area contributed by atoms with E-state index in [0.717, 1.165) is 5.56 Å². The number of carbonyl (C=O) groups is 1. The molecule has 0 saturated carbocycles. The third-order valence-corrected chi connectivity index (χ3v) is 5.46. The summed E-state index contributed by atoms with van der Waals surface area (Å²) in [6.07, 6.45) is 0. The average Bonchev–Trinajstić information content (AvgIpc) is 3.05. The van der Waals surface area contributed by atoms with E-state index < -0.39 is 10.8 Å². The van der Waals surface area contributed by atoms with Gasteiger partial charge in [-0.1, -0.05) is 42.5 Å². The molecule has 2 aromatic carbocycles. The van der Waals surface area contributed by atoms with E-state index in [4.69, 9.17) is 5.73 Å². The molecule has 24 heavy (non-hydrogen) atoms. The van der Waals surface area contributed by atoms with Crippen molar-refractivity contribution in [2.75, 3.05) is 11.1 Å². The highest BCUT2D eigenvalue weighted by atomic mass is 32.2. The average molecular weight is 357 g/mol. The quantitative estimate of drug-likeness (QED) is 0.686. The number of nitrogen functional groups attached to an aromatic ring is 1. The number of amides is 1. The van der Waals surface area contributed by atoms with E-state index in [-0.39, 0.29) is 5.91 Å². The molecule has 1 aromatic heterocycles. The van der Waals surface area contributed by atoms with Crippen LogP contribution in [0.3, 0.4) is 0 Å². The van der Waals surface area contributed by atoms with Gasteiger partial charge in [0.25, 0.3) is 5.91 Å². The SMILES string of the molecule is Nc1ccccc1C(=O)Nc1nc(S(=O)Cc2ccccc2)cs1. The molecule has 1 atom stereocenters. The molecule has 0 saturated heterocycles. The van der Waals surface area contributed by atoms with E-state index >= 15 is 0 Å². The predicted molar refractivity (Wildman–Crippen MR) is 97.5 cm³/mol. The van der Waals surface area contributed by atoms with Gasteiger partial charge in [-0.3, -0.25) is 14.3 Å². The number of hydrogen-bond acceptors (Lipinski definition) is 5.